The SMILES string of the molecule is O=C1c2ccc(O)cc2OC1C(O)c1ccc(O)cc1. The van der Waals surface area contributed by atoms with Crippen LogP contribution in [0.3, 0.4) is 0 Å². The molecule has 0 saturated carbocycles. The van der Waals surface area contributed by atoms with E-state index in [0.717, 1.165) is 0 Å². The summed E-state index contributed by atoms with van der Waals surface area (Å²) in [5.74, 6) is 0.00236. The Morgan fingerprint density at radius 3 is 2.35 bits per heavy atom. The second-order valence-corrected chi connectivity index (χ2v) is 4.62. The van der Waals surface area contributed by atoms with E-state index < -0.39 is 12.2 Å². The molecule has 2 unspecified atom stereocenters. The van der Waals surface area contributed by atoms with Crippen molar-refractivity contribution in [3.05, 3.63) is 53.6 Å². The van der Waals surface area contributed by atoms with Gasteiger partial charge in [0.1, 0.15) is 23.4 Å². The van der Waals surface area contributed by atoms with Crippen LogP contribution < -0.4 is 4.74 Å². The van der Waals surface area contributed by atoms with Crippen molar-refractivity contribution in [2.45, 2.75) is 12.2 Å². The first kappa shape index (κ1) is 12.5. The Kier molecular flexibility index (Phi) is 2.84. The molecule has 0 aliphatic carbocycles. The van der Waals surface area contributed by atoms with Crippen molar-refractivity contribution in [2.24, 2.45) is 0 Å². The summed E-state index contributed by atoms with van der Waals surface area (Å²) in [4.78, 5) is 12.2. The molecule has 0 fully saturated rings. The van der Waals surface area contributed by atoms with E-state index >= 15 is 0 Å². The number of phenols is 2. The van der Waals surface area contributed by atoms with Gasteiger partial charge in [0.15, 0.2) is 6.10 Å². The van der Waals surface area contributed by atoms with Crippen LogP contribution in [0.25, 0.3) is 0 Å². The molecule has 0 spiro atoms. The average molecular weight is 272 g/mol. The fourth-order valence-electron chi connectivity index (χ4n) is 2.21. The highest BCUT2D eigenvalue weighted by Crippen LogP contribution is 2.36. The van der Waals surface area contributed by atoms with Gasteiger partial charge in [-0.2, -0.15) is 0 Å². The fraction of sp³-hybridized carbons (Fsp3) is 0.133. The Labute approximate surface area is 114 Å². The molecule has 0 amide bonds. The second-order valence-electron chi connectivity index (χ2n) is 4.62. The summed E-state index contributed by atoms with van der Waals surface area (Å²) in [5.41, 5.74) is 0.809. The Hall–Kier alpha value is -2.53. The molecule has 0 bridgehead atoms. The lowest BCUT2D eigenvalue weighted by Gasteiger charge is -2.17. The molecule has 5 heteroatoms. The Bertz CT molecular complexity index is 662. The zero-order valence-corrected chi connectivity index (χ0v) is 10.4. The molecule has 20 heavy (non-hydrogen) atoms. The minimum atomic E-state index is -1.14. The van der Waals surface area contributed by atoms with Gasteiger partial charge < -0.3 is 20.1 Å². The van der Waals surface area contributed by atoms with Crippen LogP contribution in [-0.2, 0) is 0 Å². The minimum absolute atomic E-state index is 0.00340. The third kappa shape index (κ3) is 1.98. The molecule has 3 rings (SSSR count). The summed E-state index contributed by atoms with van der Waals surface area (Å²) in [7, 11) is 0. The number of carbonyl (C=O) groups excluding carboxylic acids is 1. The van der Waals surface area contributed by atoms with Gasteiger partial charge in [0, 0.05) is 6.07 Å². The first-order chi connectivity index (χ1) is 9.56. The third-order valence-electron chi connectivity index (χ3n) is 3.26. The number of phenolic OH excluding ortho intramolecular Hbond substituents is 2. The molecular formula is C15H12O5. The monoisotopic (exact) mass is 272 g/mol. The normalized spacial score (nSPS) is 18.4. The molecule has 0 saturated heterocycles. The first-order valence-electron chi connectivity index (χ1n) is 6.07. The highest BCUT2D eigenvalue weighted by molar-refractivity contribution is 6.05. The van der Waals surface area contributed by atoms with Gasteiger partial charge >= 0.3 is 0 Å². The van der Waals surface area contributed by atoms with E-state index in [1.807, 2.05) is 0 Å². The number of ether oxygens (including phenoxy) is 1. The molecule has 0 radical (unpaired) electrons. The molecule has 2 atom stereocenters. The minimum Gasteiger partial charge on any atom is -0.508 e. The number of aliphatic hydroxyl groups excluding tert-OH is 1. The van der Waals surface area contributed by atoms with Crippen molar-refractivity contribution in [2.75, 3.05) is 0 Å². The van der Waals surface area contributed by atoms with E-state index in [1.165, 1.54) is 42.5 Å². The van der Waals surface area contributed by atoms with Crippen LogP contribution in [0, 0.1) is 0 Å². The molecule has 2 aromatic rings. The smallest absolute Gasteiger partial charge is 0.210 e. The highest BCUT2D eigenvalue weighted by Gasteiger charge is 2.38. The first-order valence-corrected chi connectivity index (χ1v) is 6.07. The Morgan fingerprint density at radius 1 is 1.00 bits per heavy atom. The zero-order valence-electron chi connectivity index (χ0n) is 10.4. The number of carbonyl (C=O) groups is 1. The zero-order chi connectivity index (χ0) is 14.3. The number of fused-ring (bicyclic) bond motifs is 1. The Morgan fingerprint density at radius 2 is 1.65 bits per heavy atom. The third-order valence-corrected chi connectivity index (χ3v) is 3.26. The summed E-state index contributed by atoms with van der Waals surface area (Å²) in [5, 5.41) is 28.8. The molecule has 1 aliphatic rings. The summed E-state index contributed by atoms with van der Waals surface area (Å²) in [6.07, 6.45) is -2.19. The number of hydrogen-bond donors (Lipinski definition) is 3. The van der Waals surface area contributed by atoms with Crippen molar-refractivity contribution in [3.63, 3.8) is 0 Å². The summed E-state index contributed by atoms with van der Waals surface area (Å²) in [6.45, 7) is 0. The van der Waals surface area contributed by atoms with Crippen molar-refractivity contribution in [1.82, 2.24) is 0 Å². The summed E-state index contributed by atoms with van der Waals surface area (Å²) >= 11 is 0. The van der Waals surface area contributed by atoms with Crippen LogP contribution >= 0.6 is 0 Å². The van der Waals surface area contributed by atoms with Crippen LogP contribution in [0.15, 0.2) is 42.5 Å². The van der Waals surface area contributed by atoms with Gasteiger partial charge in [0.25, 0.3) is 0 Å². The van der Waals surface area contributed by atoms with E-state index in [4.69, 9.17) is 4.74 Å². The summed E-state index contributed by atoms with van der Waals surface area (Å²) < 4.78 is 5.42. The maximum atomic E-state index is 12.2. The van der Waals surface area contributed by atoms with E-state index in [0.29, 0.717) is 11.1 Å². The molecule has 0 aromatic heterocycles. The molecule has 2 aromatic carbocycles. The second kappa shape index (κ2) is 4.54. The molecule has 1 aliphatic heterocycles. The molecular weight excluding hydrogens is 260 g/mol. The van der Waals surface area contributed by atoms with Gasteiger partial charge in [-0.25, -0.2) is 0 Å². The molecule has 102 valence electrons. The predicted molar refractivity (Wildman–Crippen MR) is 69.9 cm³/mol. The number of aliphatic hydroxyl groups is 1. The van der Waals surface area contributed by atoms with Gasteiger partial charge in [-0.15, -0.1) is 0 Å². The lowest BCUT2D eigenvalue weighted by atomic mass is 9.99. The molecule has 5 nitrogen and oxygen atoms in total. The lowest BCUT2D eigenvalue weighted by molar-refractivity contribution is 0.0407. The van der Waals surface area contributed by atoms with Crippen LogP contribution in [0.4, 0.5) is 0 Å². The van der Waals surface area contributed by atoms with Crippen LogP contribution in [-0.4, -0.2) is 27.2 Å². The van der Waals surface area contributed by atoms with Crippen molar-refractivity contribution in [1.29, 1.82) is 0 Å². The van der Waals surface area contributed by atoms with Gasteiger partial charge in [-0.1, -0.05) is 12.1 Å². The van der Waals surface area contributed by atoms with Gasteiger partial charge in [-0.05, 0) is 29.8 Å². The van der Waals surface area contributed by atoms with E-state index in [-0.39, 0.29) is 23.0 Å². The van der Waals surface area contributed by atoms with E-state index in [9.17, 15) is 20.1 Å². The van der Waals surface area contributed by atoms with E-state index in [1.54, 1.807) is 0 Å². The highest BCUT2D eigenvalue weighted by atomic mass is 16.5. The number of aromatic hydroxyl groups is 2. The lowest BCUT2D eigenvalue weighted by Crippen LogP contribution is -2.28. The van der Waals surface area contributed by atoms with Crippen molar-refractivity contribution >= 4 is 5.78 Å². The van der Waals surface area contributed by atoms with Crippen molar-refractivity contribution in [3.8, 4) is 17.2 Å². The largest absolute Gasteiger partial charge is 0.508 e. The standard InChI is InChI=1S/C15H12O5/c16-9-3-1-8(2-4-9)13(18)15-14(19)11-6-5-10(17)7-12(11)20-15/h1-7,13,15-18H. The van der Waals surface area contributed by atoms with Gasteiger partial charge in [0.05, 0.1) is 5.56 Å². The van der Waals surface area contributed by atoms with Crippen molar-refractivity contribution < 1.29 is 24.9 Å². The van der Waals surface area contributed by atoms with Gasteiger partial charge in [0.2, 0.25) is 5.78 Å². The number of ketones is 1. The van der Waals surface area contributed by atoms with Crippen LogP contribution in [0.2, 0.25) is 0 Å². The number of Topliss-reactive ketones (excluding diaryl/α,β-unsaturated/α-hetero) is 1. The van der Waals surface area contributed by atoms with Gasteiger partial charge in [-0.3, -0.25) is 4.79 Å². The van der Waals surface area contributed by atoms with E-state index in [2.05, 4.69) is 0 Å². The molecule has 1 heterocycles. The summed E-state index contributed by atoms with van der Waals surface area (Å²) in [6, 6.07) is 10.1. The topological polar surface area (TPSA) is 87.0 Å². The molecule has 3 N–H and O–H groups in total. The predicted octanol–water partition coefficient (Wildman–Crippen LogP) is 1.78. The maximum Gasteiger partial charge on any atom is 0.210 e. The van der Waals surface area contributed by atoms with Crippen LogP contribution in [0.1, 0.15) is 22.0 Å². The number of rotatable bonds is 2. The Balaban J connectivity index is 1.90. The number of hydrogen-bond acceptors (Lipinski definition) is 5. The van der Waals surface area contributed by atoms with Crippen LogP contribution in [0.5, 0.6) is 17.2 Å². The number of benzene rings is 2. The quantitative estimate of drug-likeness (QED) is 0.775. The maximum absolute atomic E-state index is 12.2. The average Bonchev–Trinajstić information content (AvgIpc) is 2.75. The fourth-order valence-corrected chi connectivity index (χ4v) is 2.21.